The molecule has 0 aliphatic heterocycles. The van der Waals surface area contributed by atoms with Gasteiger partial charge in [0, 0.05) is 11.1 Å². The van der Waals surface area contributed by atoms with Gasteiger partial charge in [-0.2, -0.15) is 10.2 Å². The largest absolute Gasteiger partial charge is 0.458 e. The standard InChI is InChI=1S/C54H38N4O/c1-38-50(43-32-30-40(31-33-43)39-16-5-2-6-17-39)36-51(56-55-38)44-22-13-24-46(34-44)59-47-25-14-23-45(35-47)57-37-58(53-29-12-11-28-52(53)57)54-48(41-18-7-3-8-19-41)26-15-27-49(54)42-20-9-4-10-21-42/h2-36H,1H3/i3D,4D,7D,8D,9D,10D,18D,19D,20D,21D. The van der Waals surface area contributed by atoms with Gasteiger partial charge in [0.25, 0.3) is 6.33 Å². The molecule has 0 fully saturated rings. The summed E-state index contributed by atoms with van der Waals surface area (Å²) in [6, 6.07) is 42.4. The van der Waals surface area contributed by atoms with Crippen molar-refractivity contribution in [3.05, 3.63) is 224 Å². The Morgan fingerprint density at radius 3 is 1.83 bits per heavy atom. The molecule has 0 bridgehead atoms. The predicted octanol–water partition coefficient (Wildman–Crippen LogP) is 12.9. The van der Waals surface area contributed by atoms with Gasteiger partial charge < -0.3 is 4.74 Å². The highest BCUT2D eigenvalue weighted by atomic mass is 16.5. The van der Waals surface area contributed by atoms with Gasteiger partial charge in [-0.05, 0) is 82.3 Å². The Bertz CT molecular complexity index is 3530. The summed E-state index contributed by atoms with van der Waals surface area (Å²) in [6.45, 7) is 1.94. The molecule has 0 amide bonds. The van der Waals surface area contributed by atoms with Crippen LogP contribution in [0.4, 0.5) is 0 Å². The molecule has 0 N–H and O–H groups in total. The van der Waals surface area contributed by atoms with Crippen molar-refractivity contribution in [3.8, 4) is 78.6 Å². The molecule has 10 aromatic rings. The van der Waals surface area contributed by atoms with E-state index in [2.05, 4.69) is 52.9 Å². The Morgan fingerprint density at radius 2 is 1.10 bits per heavy atom. The van der Waals surface area contributed by atoms with E-state index in [0.717, 1.165) is 33.5 Å². The molecular weight excluding hydrogens is 721 g/mol. The van der Waals surface area contributed by atoms with Crippen molar-refractivity contribution in [1.82, 2.24) is 14.8 Å². The molecular formula is C54H38N4O. The molecule has 2 heterocycles. The molecule has 0 saturated carbocycles. The molecule has 0 saturated heterocycles. The number of nitrogens with zero attached hydrogens (tertiary/aromatic N) is 4. The molecule has 0 aliphatic carbocycles. The van der Waals surface area contributed by atoms with E-state index in [4.69, 9.17) is 18.4 Å². The Hall–Kier alpha value is -7.89. The zero-order valence-corrected chi connectivity index (χ0v) is 31.6. The lowest BCUT2D eigenvalue weighted by Gasteiger charge is -2.17. The van der Waals surface area contributed by atoms with Gasteiger partial charge in [0.1, 0.15) is 11.5 Å². The fraction of sp³-hybridized carbons (Fsp3) is 0.0185. The van der Waals surface area contributed by atoms with Crippen LogP contribution in [0.1, 0.15) is 19.4 Å². The van der Waals surface area contributed by atoms with Crippen molar-refractivity contribution in [1.29, 1.82) is 0 Å². The van der Waals surface area contributed by atoms with Crippen molar-refractivity contribution in [2.45, 2.75) is 6.92 Å². The fourth-order valence-electron chi connectivity index (χ4n) is 7.27. The minimum absolute atomic E-state index is 0.133. The second kappa shape index (κ2) is 15.6. The smallest absolute Gasteiger partial charge is 0.269 e. The summed E-state index contributed by atoms with van der Waals surface area (Å²) >= 11 is 0. The van der Waals surface area contributed by atoms with Gasteiger partial charge in [-0.25, -0.2) is 0 Å². The summed E-state index contributed by atoms with van der Waals surface area (Å²) < 4.78 is 96.5. The summed E-state index contributed by atoms with van der Waals surface area (Å²) in [6.07, 6.45) is 3.41. The third-order valence-corrected chi connectivity index (χ3v) is 10.1. The van der Waals surface area contributed by atoms with Gasteiger partial charge in [-0.3, -0.25) is 9.13 Å². The number of para-hydroxylation sites is 3. The van der Waals surface area contributed by atoms with Crippen molar-refractivity contribution in [2.24, 2.45) is 0 Å². The number of aryl methyl sites for hydroxylation is 1. The summed E-state index contributed by atoms with van der Waals surface area (Å²) in [5, 5.41) is 9.06. The number of aromatic nitrogens is 4. The van der Waals surface area contributed by atoms with Crippen LogP contribution in [-0.4, -0.2) is 14.8 Å². The first kappa shape index (κ1) is 26.1. The van der Waals surface area contributed by atoms with Gasteiger partial charge in [-0.15, -0.1) is 0 Å². The van der Waals surface area contributed by atoms with Crippen molar-refractivity contribution in [3.63, 3.8) is 0 Å². The third kappa shape index (κ3) is 7.07. The van der Waals surface area contributed by atoms with Gasteiger partial charge in [0.05, 0.1) is 47.5 Å². The molecule has 0 atom stereocenters. The average molecular weight is 769 g/mol. The maximum absolute atomic E-state index is 8.98. The number of fused-ring (bicyclic) bond motifs is 1. The Balaban J connectivity index is 1.06. The monoisotopic (exact) mass is 768 g/mol. The second-order valence-corrected chi connectivity index (χ2v) is 13.8. The minimum atomic E-state index is -0.569. The molecule has 0 spiro atoms. The van der Waals surface area contributed by atoms with E-state index in [-0.39, 0.29) is 27.9 Å². The van der Waals surface area contributed by atoms with Crippen LogP contribution < -0.4 is 9.30 Å². The molecule has 59 heavy (non-hydrogen) atoms. The van der Waals surface area contributed by atoms with Crippen LogP contribution >= 0.6 is 0 Å². The van der Waals surface area contributed by atoms with E-state index < -0.39 is 60.4 Å². The summed E-state index contributed by atoms with van der Waals surface area (Å²) in [5.41, 5.74) is 8.55. The summed E-state index contributed by atoms with van der Waals surface area (Å²) in [7, 11) is 0. The number of ether oxygens (including phenoxy) is 1. The second-order valence-electron chi connectivity index (χ2n) is 13.8. The third-order valence-electron chi connectivity index (χ3n) is 10.1. The van der Waals surface area contributed by atoms with E-state index in [9.17, 15) is 0 Å². The zero-order valence-electron chi connectivity index (χ0n) is 41.6. The first-order chi connectivity index (χ1) is 33.3. The summed E-state index contributed by atoms with van der Waals surface area (Å²) in [4.78, 5) is 0. The molecule has 2 aromatic heterocycles. The highest BCUT2D eigenvalue weighted by Gasteiger charge is 2.20. The van der Waals surface area contributed by atoms with Gasteiger partial charge in [0.15, 0.2) is 0 Å². The minimum Gasteiger partial charge on any atom is -0.458 e. The maximum atomic E-state index is 8.98. The molecule has 0 aliphatic rings. The lowest BCUT2D eigenvalue weighted by molar-refractivity contribution is -0.571. The number of rotatable bonds is 9. The maximum Gasteiger partial charge on any atom is 0.269 e. The van der Waals surface area contributed by atoms with E-state index in [1.54, 1.807) is 27.3 Å². The number of hydrogen-bond acceptors (Lipinski definition) is 3. The number of imidazole rings is 1. The Labute approximate surface area is 357 Å². The fourth-order valence-corrected chi connectivity index (χ4v) is 7.27. The van der Waals surface area contributed by atoms with Gasteiger partial charge >= 0.3 is 0 Å². The van der Waals surface area contributed by atoms with Crippen molar-refractivity contribution >= 4 is 11.0 Å². The lowest BCUT2D eigenvalue weighted by Crippen LogP contribution is -2.31. The molecule has 0 unspecified atom stereocenters. The topological polar surface area (TPSA) is 43.8 Å². The summed E-state index contributed by atoms with van der Waals surface area (Å²) in [5.74, 6) is 1.05. The molecule has 5 nitrogen and oxygen atoms in total. The van der Waals surface area contributed by atoms with E-state index in [1.807, 2.05) is 104 Å². The Kier molecular flexibility index (Phi) is 6.89. The van der Waals surface area contributed by atoms with Crippen LogP contribution in [0.25, 0.3) is 78.2 Å². The van der Waals surface area contributed by atoms with E-state index >= 15 is 0 Å². The molecule has 8 aromatic carbocycles. The SMILES string of the molecule is [2H]c1c([2H])c([2H])c(-c2cccc(-c3c([2H])c([2H])c([2H])c([2H])c3[2H])c2-[n+]2[c-]n(-c3cccc(Oc4cccc(-c5cc(-c6ccc(-c7ccccc7)cc6)c(C)nn5)c4)c3)c3ccccc32)c([2H])c1[2H]. The normalized spacial score (nSPS) is 13.5. The van der Waals surface area contributed by atoms with Crippen molar-refractivity contribution in [2.75, 3.05) is 0 Å². The quantitative estimate of drug-likeness (QED) is 0.108. The average Bonchev–Trinajstić information content (AvgIpc) is 3.76. The van der Waals surface area contributed by atoms with Crippen LogP contribution in [0, 0.1) is 13.3 Å². The lowest BCUT2D eigenvalue weighted by atomic mass is 9.95. The molecule has 5 heteroatoms. The van der Waals surface area contributed by atoms with Crippen LogP contribution in [0.2, 0.25) is 0 Å². The van der Waals surface area contributed by atoms with Crippen LogP contribution in [0.3, 0.4) is 0 Å². The van der Waals surface area contributed by atoms with Crippen LogP contribution in [0.5, 0.6) is 11.5 Å². The molecule has 0 radical (unpaired) electrons. The van der Waals surface area contributed by atoms with Crippen molar-refractivity contribution < 1.29 is 23.0 Å². The zero-order chi connectivity index (χ0) is 48.2. The van der Waals surface area contributed by atoms with E-state index in [0.29, 0.717) is 33.9 Å². The highest BCUT2D eigenvalue weighted by Crippen LogP contribution is 2.35. The first-order valence-corrected chi connectivity index (χ1v) is 18.9. The number of hydrogen-bond donors (Lipinski definition) is 0. The molecule has 280 valence electrons. The Morgan fingerprint density at radius 1 is 0.508 bits per heavy atom. The molecule has 10 rings (SSSR count). The van der Waals surface area contributed by atoms with Crippen LogP contribution in [-0.2, 0) is 0 Å². The van der Waals surface area contributed by atoms with Crippen LogP contribution in [0.15, 0.2) is 212 Å². The van der Waals surface area contributed by atoms with E-state index in [1.165, 1.54) is 0 Å². The number of benzene rings is 8. The van der Waals surface area contributed by atoms with Gasteiger partial charge in [0.2, 0.25) is 0 Å². The van der Waals surface area contributed by atoms with Gasteiger partial charge in [-0.1, -0.05) is 176 Å². The first-order valence-electron chi connectivity index (χ1n) is 23.9. The highest BCUT2D eigenvalue weighted by molar-refractivity contribution is 5.85. The predicted molar refractivity (Wildman–Crippen MR) is 238 cm³/mol.